The van der Waals surface area contributed by atoms with E-state index in [-0.39, 0.29) is 11.6 Å². The van der Waals surface area contributed by atoms with E-state index in [1.807, 2.05) is 0 Å². The maximum absolute atomic E-state index is 12.5. The molecule has 1 amide bonds. The number of rotatable bonds is 3. The van der Waals surface area contributed by atoms with Crippen molar-refractivity contribution in [2.45, 2.75) is 26.2 Å². The van der Waals surface area contributed by atoms with Crippen molar-refractivity contribution < 1.29 is 14.3 Å². The molecular weight excluding hydrogens is 394 g/mol. The van der Waals surface area contributed by atoms with E-state index in [9.17, 15) is 9.59 Å². The Labute approximate surface area is 152 Å². The van der Waals surface area contributed by atoms with Crippen molar-refractivity contribution in [2.24, 2.45) is 13.0 Å². The number of nitrogens with zero attached hydrogens (tertiary/aromatic N) is 2. The molecule has 2 heterocycles. The molecular formula is C16H18BrN3O3S. The Balaban J connectivity index is 1.96. The number of methoxy groups -OCH3 is 1. The molecule has 1 N–H and O–H groups in total. The minimum Gasteiger partial charge on any atom is -0.465 e. The maximum atomic E-state index is 12.5. The first-order chi connectivity index (χ1) is 11.4. The zero-order chi connectivity index (χ0) is 17.4. The number of halogens is 1. The summed E-state index contributed by atoms with van der Waals surface area (Å²) in [4.78, 5) is 25.9. The number of aromatic nitrogens is 2. The summed E-state index contributed by atoms with van der Waals surface area (Å²) in [5.41, 5.74) is 1.79. The van der Waals surface area contributed by atoms with Crippen LogP contribution in [0.5, 0.6) is 0 Å². The van der Waals surface area contributed by atoms with Gasteiger partial charge in [0, 0.05) is 18.1 Å². The van der Waals surface area contributed by atoms with Crippen molar-refractivity contribution >= 4 is 44.1 Å². The van der Waals surface area contributed by atoms with Gasteiger partial charge in [0.1, 0.15) is 5.00 Å². The van der Waals surface area contributed by atoms with Gasteiger partial charge in [0.05, 0.1) is 17.1 Å². The van der Waals surface area contributed by atoms with Gasteiger partial charge in [-0.1, -0.05) is 6.92 Å². The van der Waals surface area contributed by atoms with Crippen LogP contribution in [0.25, 0.3) is 0 Å². The van der Waals surface area contributed by atoms with E-state index in [1.54, 1.807) is 17.9 Å². The minimum atomic E-state index is -0.405. The van der Waals surface area contributed by atoms with Gasteiger partial charge >= 0.3 is 5.97 Å². The Bertz CT molecular complexity index is 812. The second-order valence-electron chi connectivity index (χ2n) is 6.00. The topological polar surface area (TPSA) is 73.2 Å². The molecule has 0 saturated carbocycles. The number of amides is 1. The lowest BCUT2D eigenvalue weighted by molar-refractivity contribution is 0.0601. The molecule has 128 valence electrons. The monoisotopic (exact) mass is 411 g/mol. The number of esters is 1. The van der Waals surface area contributed by atoms with Crippen LogP contribution in [-0.4, -0.2) is 28.8 Å². The fourth-order valence-corrected chi connectivity index (χ4v) is 4.88. The van der Waals surface area contributed by atoms with Crippen LogP contribution in [0.2, 0.25) is 0 Å². The van der Waals surface area contributed by atoms with Gasteiger partial charge in [-0.25, -0.2) is 4.79 Å². The van der Waals surface area contributed by atoms with Crippen LogP contribution in [0.4, 0.5) is 5.00 Å². The predicted octanol–water partition coefficient (Wildman–Crippen LogP) is 3.41. The SMILES string of the molecule is COC(=O)c1c(NC(=O)c2nn(C)cc2Br)sc2c1CCC(C)C2. The smallest absolute Gasteiger partial charge is 0.341 e. The third kappa shape index (κ3) is 3.12. The molecule has 0 radical (unpaired) electrons. The quantitative estimate of drug-likeness (QED) is 0.785. The summed E-state index contributed by atoms with van der Waals surface area (Å²) >= 11 is 4.79. The Kier molecular flexibility index (Phi) is 4.78. The number of anilines is 1. The number of carbonyl (C=O) groups is 2. The molecule has 2 aromatic rings. The zero-order valence-electron chi connectivity index (χ0n) is 13.7. The molecule has 0 spiro atoms. The summed E-state index contributed by atoms with van der Waals surface area (Å²) in [5, 5.41) is 7.53. The van der Waals surface area contributed by atoms with E-state index in [2.05, 4.69) is 33.3 Å². The minimum absolute atomic E-state index is 0.285. The standard InChI is InChI=1S/C16H18BrN3O3S/c1-8-4-5-9-11(6-8)24-15(12(9)16(22)23-3)18-14(21)13-10(17)7-20(2)19-13/h7-8H,4-6H2,1-3H3,(H,18,21). The van der Waals surface area contributed by atoms with Crippen molar-refractivity contribution in [3.63, 3.8) is 0 Å². The maximum Gasteiger partial charge on any atom is 0.341 e. The van der Waals surface area contributed by atoms with Gasteiger partial charge in [-0.05, 0) is 46.7 Å². The fraction of sp³-hybridized carbons (Fsp3) is 0.438. The number of nitrogens with one attached hydrogen (secondary N) is 1. The fourth-order valence-electron chi connectivity index (χ4n) is 2.93. The molecule has 6 nitrogen and oxygen atoms in total. The molecule has 2 aromatic heterocycles. The van der Waals surface area contributed by atoms with Crippen LogP contribution in [0.1, 0.15) is 44.6 Å². The highest BCUT2D eigenvalue weighted by Gasteiger charge is 2.29. The summed E-state index contributed by atoms with van der Waals surface area (Å²) in [5.74, 6) is -0.174. The van der Waals surface area contributed by atoms with Crippen LogP contribution in [-0.2, 0) is 24.6 Å². The molecule has 1 aliphatic carbocycles. The third-order valence-corrected chi connectivity index (χ3v) is 5.88. The molecule has 1 atom stereocenters. The first-order valence-electron chi connectivity index (χ1n) is 7.64. The van der Waals surface area contributed by atoms with Crippen LogP contribution >= 0.6 is 27.3 Å². The van der Waals surface area contributed by atoms with Gasteiger partial charge in [0.25, 0.3) is 5.91 Å². The number of hydrogen-bond acceptors (Lipinski definition) is 5. The number of ether oxygens (including phenoxy) is 1. The zero-order valence-corrected chi connectivity index (χ0v) is 16.1. The average molecular weight is 412 g/mol. The Morgan fingerprint density at radius 1 is 1.50 bits per heavy atom. The summed E-state index contributed by atoms with van der Waals surface area (Å²) in [6.07, 6.45) is 4.50. The number of carbonyl (C=O) groups excluding carboxylic acids is 2. The third-order valence-electron chi connectivity index (χ3n) is 4.13. The second-order valence-corrected chi connectivity index (χ2v) is 7.96. The Hall–Kier alpha value is -1.67. The van der Waals surface area contributed by atoms with Gasteiger partial charge in [0.15, 0.2) is 5.69 Å². The van der Waals surface area contributed by atoms with Crippen molar-refractivity contribution in [1.82, 2.24) is 9.78 Å². The van der Waals surface area contributed by atoms with E-state index < -0.39 is 5.97 Å². The van der Waals surface area contributed by atoms with Gasteiger partial charge < -0.3 is 10.1 Å². The van der Waals surface area contributed by atoms with Gasteiger partial charge in [0.2, 0.25) is 0 Å². The molecule has 8 heteroatoms. The number of thiophene rings is 1. The lowest BCUT2D eigenvalue weighted by Gasteiger charge is -2.18. The first-order valence-corrected chi connectivity index (χ1v) is 9.25. The van der Waals surface area contributed by atoms with Crippen LogP contribution < -0.4 is 5.32 Å². The van der Waals surface area contributed by atoms with Crippen LogP contribution in [0.3, 0.4) is 0 Å². The Morgan fingerprint density at radius 2 is 2.25 bits per heavy atom. The van der Waals surface area contributed by atoms with E-state index in [0.29, 0.717) is 21.0 Å². The van der Waals surface area contributed by atoms with Crippen LogP contribution in [0, 0.1) is 5.92 Å². The lowest BCUT2D eigenvalue weighted by Crippen LogP contribution is -2.16. The molecule has 3 rings (SSSR count). The molecule has 24 heavy (non-hydrogen) atoms. The van der Waals surface area contributed by atoms with E-state index in [1.165, 1.54) is 18.4 Å². The molecule has 0 aromatic carbocycles. The van der Waals surface area contributed by atoms with Gasteiger partial charge in [-0.15, -0.1) is 11.3 Å². The summed E-state index contributed by atoms with van der Waals surface area (Å²) < 4.78 is 7.10. The van der Waals surface area contributed by atoms with Gasteiger partial charge in [-0.2, -0.15) is 5.10 Å². The van der Waals surface area contributed by atoms with Crippen molar-refractivity contribution in [3.05, 3.63) is 32.4 Å². The highest BCUT2D eigenvalue weighted by Crippen LogP contribution is 2.40. The molecule has 1 unspecified atom stereocenters. The summed E-state index contributed by atoms with van der Waals surface area (Å²) in [6, 6.07) is 0. The largest absolute Gasteiger partial charge is 0.465 e. The van der Waals surface area contributed by atoms with Gasteiger partial charge in [-0.3, -0.25) is 9.48 Å². The predicted molar refractivity (Wildman–Crippen MR) is 95.7 cm³/mol. The number of aryl methyl sites for hydroxylation is 1. The van der Waals surface area contributed by atoms with Crippen LogP contribution in [0.15, 0.2) is 10.7 Å². The normalized spacial score (nSPS) is 16.6. The molecule has 1 aliphatic rings. The Morgan fingerprint density at radius 3 is 2.88 bits per heavy atom. The highest BCUT2D eigenvalue weighted by molar-refractivity contribution is 9.10. The van der Waals surface area contributed by atoms with Crippen molar-refractivity contribution in [3.8, 4) is 0 Å². The summed E-state index contributed by atoms with van der Waals surface area (Å²) in [6.45, 7) is 2.20. The molecule has 0 aliphatic heterocycles. The molecule has 0 bridgehead atoms. The van der Waals surface area contributed by atoms with E-state index >= 15 is 0 Å². The number of fused-ring (bicyclic) bond motifs is 1. The lowest BCUT2D eigenvalue weighted by atomic mass is 9.88. The number of hydrogen-bond donors (Lipinski definition) is 1. The highest BCUT2D eigenvalue weighted by atomic mass is 79.9. The second kappa shape index (κ2) is 6.68. The first kappa shape index (κ1) is 17.2. The molecule has 0 fully saturated rings. The molecule has 0 saturated heterocycles. The van der Waals surface area contributed by atoms with Crippen molar-refractivity contribution in [2.75, 3.05) is 12.4 Å². The van der Waals surface area contributed by atoms with Crippen molar-refractivity contribution in [1.29, 1.82) is 0 Å². The average Bonchev–Trinajstić information content (AvgIpc) is 3.05. The summed E-state index contributed by atoms with van der Waals surface area (Å²) in [7, 11) is 3.10. The van der Waals surface area contributed by atoms with E-state index in [4.69, 9.17) is 4.74 Å². The van der Waals surface area contributed by atoms with E-state index in [0.717, 1.165) is 29.7 Å².